The zero-order chi connectivity index (χ0) is 22.2. The van der Waals surface area contributed by atoms with Gasteiger partial charge < -0.3 is 9.97 Å². The Hall–Kier alpha value is -4.56. The lowest BCUT2D eigenvalue weighted by Crippen LogP contribution is -1.83. The largest absolute Gasteiger partial charge is 0.354 e. The molecule has 0 aliphatic carbocycles. The summed E-state index contributed by atoms with van der Waals surface area (Å²) in [6, 6.07) is 39.5. The van der Waals surface area contributed by atoms with Crippen molar-refractivity contribution in [1.82, 2.24) is 9.97 Å². The minimum atomic E-state index is 1.18. The molecule has 8 aromatic rings. The fraction of sp³-hybridized carbons (Fsp3) is 0. The van der Waals surface area contributed by atoms with Gasteiger partial charge in [0.15, 0.2) is 0 Å². The van der Waals surface area contributed by atoms with Crippen molar-refractivity contribution < 1.29 is 0 Å². The molecule has 0 bridgehead atoms. The first-order chi connectivity index (χ1) is 16.8. The third kappa shape index (κ3) is 2.35. The number of para-hydroxylation sites is 2. The van der Waals surface area contributed by atoms with Gasteiger partial charge in [-0.1, -0.05) is 91.0 Å². The van der Waals surface area contributed by atoms with Crippen LogP contribution in [0.25, 0.3) is 76.3 Å². The van der Waals surface area contributed by atoms with Crippen molar-refractivity contribution in [1.29, 1.82) is 0 Å². The van der Waals surface area contributed by atoms with Gasteiger partial charge in [0, 0.05) is 43.5 Å². The van der Waals surface area contributed by atoms with Crippen molar-refractivity contribution in [3.63, 3.8) is 0 Å². The molecule has 158 valence electrons. The first-order valence-corrected chi connectivity index (χ1v) is 11.7. The lowest BCUT2D eigenvalue weighted by atomic mass is 9.97. The number of nitrogens with one attached hydrogen (secondary N) is 2. The van der Waals surface area contributed by atoms with Crippen LogP contribution in [0.1, 0.15) is 0 Å². The molecule has 2 heteroatoms. The summed E-state index contributed by atoms with van der Waals surface area (Å²) in [7, 11) is 0. The minimum Gasteiger partial charge on any atom is -0.354 e. The summed E-state index contributed by atoms with van der Waals surface area (Å²) < 4.78 is 0. The maximum atomic E-state index is 3.74. The molecule has 0 amide bonds. The van der Waals surface area contributed by atoms with Crippen LogP contribution >= 0.6 is 0 Å². The number of fused-ring (bicyclic) bond motifs is 10. The minimum absolute atomic E-state index is 1.18. The van der Waals surface area contributed by atoms with Crippen LogP contribution < -0.4 is 0 Å². The van der Waals surface area contributed by atoms with Gasteiger partial charge in [0.1, 0.15) is 0 Å². The molecule has 8 rings (SSSR count). The summed E-state index contributed by atoms with van der Waals surface area (Å²) in [6.07, 6.45) is 0. The predicted octanol–water partition coefficient (Wildman–Crippen LogP) is 8.93. The Balaban J connectivity index is 1.44. The maximum Gasteiger partial charge on any atom is 0.0544 e. The molecule has 2 N–H and O–H groups in total. The molecule has 6 aromatic carbocycles. The first kappa shape index (κ1) is 17.9. The fourth-order valence-electron chi connectivity index (χ4n) is 5.74. The second kappa shape index (κ2) is 6.49. The SMILES string of the molecule is c1ccc2c(c1)ccc1[nH]c3c(-c4ccc5ccc6c7ccccc7[nH]c6c5c4)cccc3c12. The normalized spacial score (nSPS) is 12.1. The lowest BCUT2D eigenvalue weighted by Gasteiger charge is -2.07. The van der Waals surface area contributed by atoms with Crippen molar-refractivity contribution in [2.24, 2.45) is 0 Å². The molecule has 0 saturated carbocycles. The van der Waals surface area contributed by atoms with E-state index in [1.807, 2.05) is 0 Å². The van der Waals surface area contributed by atoms with E-state index >= 15 is 0 Å². The Labute approximate surface area is 195 Å². The molecule has 2 heterocycles. The van der Waals surface area contributed by atoms with E-state index < -0.39 is 0 Å². The number of H-pyrrole nitrogens is 2. The van der Waals surface area contributed by atoms with Crippen LogP contribution in [0.5, 0.6) is 0 Å². The highest BCUT2D eigenvalue weighted by Gasteiger charge is 2.13. The smallest absolute Gasteiger partial charge is 0.0544 e. The second-order valence-electron chi connectivity index (χ2n) is 9.16. The van der Waals surface area contributed by atoms with Crippen LogP contribution in [0.15, 0.2) is 109 Å². The highest BCUT2D eigenvalue weighted by molar-refractivity contribution is 6.23. The van der Waals surface area contributed by atoms with Gasteiger partial charge >= 0.3 is 0 Å². The van der Waals surface area contributed by atoms with Crippen LogP contribution in [-0.2, 0) is 0 Å². The molecule has 0 saturated heterocycles. The lowest BCUT2D eigenvalue weighted by molar-refractivity contribution is 1.54. The topological polar surface area (TPSA) is 31.6 Å². The Morgan fingerprint density at radius 2 is 1.15 bits per heavy atom. The Morgan fingerprint density at radius 3 is 2.12 bits per heavy atom. The summed E-state index contributed by atoms with van der Waals surface area (Å²) >= 11 is 0. The van der Waals surface area contributed by atoms with E-state index in [0.29, 0.717) is 0 Å². The van der Waals surface area contributed by atoms with E-state index in [-0.39, 0.29) is 0 Å². The fourth-order valence-corrected chi connectivity index (χ4v) is 5.74. The van der Waals surface area contributed by atoms with E-state index in [1.165, 1.54) is 76.3 Å². The van der Waals surface area contributed by atoms with Crippen LogP contribution in [-0.4, -0.2) is 9.97 Å². The monoisotopic (exact) mass is 432 g/mol. The molecule has 34 heavy (non-hydrogen) atoms. The van der Waals surface area contributed by atoms with Crippen molar-refractivity contribution in [3.8, 4) is 11.1 Å². The number of benzene rings is 6. The average Bonchev–Trinajstić information content (AvgIpc) is 3.47. The molecule has 0 spiro atoms. The summed E-state index contributed by atoms with van der Waals surface area (Å²) in [5, 5.41) is 10.2. The Kier molecular flexibility index (Phi) is 3.42. The third-order valence-electron chi connectivity index (χ3n) is 7.33. The Morgan fingerprint density at radius 1 is 0.412 bits per heavy atom. The van der Waals surface area contributed by atoms with Crippen molar-refractivity contribution in [2.45, 2.75) is 0 Å². The molecule has 0 radical (unpaired) electrons. The van der Waals surface area contributed by atoms with Crippen molar-refractivity contribution >= 4 is 65.2 Å². The average molecular weight is 433 g/mol. The number of rotatable bonds is 1. The van der Waals surface area contributed by atoms with Crippen LogP contribution in [0, 0.1) is 0 Å². The summed E-state index contributed by atoms with van der Waals surface area (Å²) in [6.45, 7) is 0. The highest BCUT2D eigenvalue weighted by Crippen LogP contribution is 2.39. The zero-order valence-electron chi connectivity index (χ0n) is 18.4. The highest BCUT2D eigenvalue weighted by atomic mass is 14.7. The number of aromatic nitrogens is 2. The van der Waals surface area contributed by atoms with Crippen LogP contribution in [0.3, 0.4) is 0 Å². The summed E-state index contributed by atoms with van der Waals surface area (Å²) in [5.41, 5.74) is 7.21. The molecule has 2 nitrogen and oxygen atoms in total. The van der Waals surface area contributed by atoms with Gasteiger partial charge in [-0.2, -0.15) is 0 Å². The number of hydrogen-bond donors (Lipinski definition) is 2. The molecule has 0 atom stereocenters. The quantitative estimate of drug-likeness (QED) is 0.259. The first-order valence-electron chi connectivity index (χ1n) is 11.7. The van der Waals surface area contributed by atoms with Crippen molar-refractivity contribution in [2.75, 3.05) is 0 Å². The van der Waals surface area contributed by atoms with Gasteiger partial charge in [-0.3, -0.25) is 0 Å². The molecule has 0 unspecified atom stereocenters. The molecular formula is C32H20N2. The number of hydrogen-bond acceptors (Lipinski definition) is 0. The zero-order valence-corrected chi connectivity index (χ0v) is 18.4. The van der Waals surface area contributed by atoms with E-state index in [9.17, 15) is 0 Å². The summed E-state index contributed by atoms with van der Waals surface area (Å²) in [4.78, 5) is 7.41. The van der Waals surface area contributed by atoms with Crippen LogP contribution in [0.4, 0.5) is 0 Å². The Bertz CT molecular complexity index is 2070. The van der Waals surface area contributed by atoms with Gasteiger partial charge in [-0.05, 0) is 39.9 Å². The van der Waals surface area contributed by atoms with E-state index in [1.54, 1.807) is 0 Å². The van der Waals surface area contributed by atoms with Gasteiger partial charge in [-0.25, -0.2) is 0 Å². The van der Waals surface area contributed by atoms with Crippen molar-refractivity contribution in [3.05, 3.63) is 109 Å². The van der Waals surface area contributed by atoms with E-state index in [2.05, 4.69) is 119 Å². The molecule has 0 fully saturated rings. The second-order valence-corrected chi connectivity index (χ2v) is 9.16. The van der Waals surface area contributed by atoms with Gasteiger partial charge in [0.05, 0.1) is 11.0 Å². The van der Waals surface area contributed by atoms with E-state index in [4.69, 9.17) is 0 Å². The third-order valence-corrected chi connectivity index (χ3v) is 7.33. The molecule has 0 aliphatic rings. The van der Waals surface area contributed by atoms with Gasteiger partial charge in [-0.15, -0.1) is 0 Å². The van der Waals surface area contributed by atoms with E-state index in [0.717, 1.165) is 0 Å². The molecular weight excluding hydrogens is 412 g/mol. The number of aromatic amines is 2. The van der Waals surface area contributed by atoms with Gasteiger partial charge in [0.2, 0.25) is 0 Å². The summed E-state index contributed by atoms with van der Waals surface area (Å²) in [5.74, 6) is 0. The standard InChI is InChI=1S/C32H20N2/c1-2-7-22-19(6-1)15-17-29-30(22)26-10-5-9-23(31(26)34-29)21-13-12-20-14-16-25-24-8-3-4-11-28(24)33-32(25)27(20)18-21/h1-18,33-34H. The van der Waals surface area contributed by atoms with Crippen LogP contribution in [0.2, 0.25) is 0 Å². The molecule has 0 aliphatic heterocycles. The maximum absolute atomic E-state index is 3.74. The van der Waals surface area contributed by atoms with Gasteiger partial charge in [0.25, 0.3) is 0 Å². The predicted molar refractivity (Wildman–Crippen MR) is 146 cm³/mol. The molecule has 2 aromatic heterocycles.